The number of amides is 2. The zero-order valence-corrected chi connectivity index (χ0v) is 18.2. The van der Waals surface area contributed by atoms with Crippen LogP contribution >= 0.6 is 28.3 Å². The van der Waals surface area contributed by atoms with Gasteiger partial charge in [-0.05, 0) is 61.7 Å². The molecule has 2 amide bonds. The molecule has 0 saturated carbocycles. The van der Waals surface area contributed by atoms with Crippen molar-refractivity contribution < 1.29 is 28.1 Å². The van der Waals surface area contributed by atoms with Crippen LogP contribution in [0.2, 0.25) is 0 Å². The minimum absolute atomic E-state index is 0.108. The first-order valence-corrected chi connectivity index (χ1v) is 10.3. The highest BCUT2D eigenvalue weighted by molar-refractivity contribution is 9.10. The van der Waals surface area contributed by atoms with E-state index in [-0.39, 0.29) is 44.0 Å². The molecule has 2 aliphatic heterocycles. The van der Waals surface area contributed by atoms with Gasteiger partial charge in [0.25, 0.3) is 5.91 Å². The molecule has 1 N–H and O–H groups in total. The Balaban J connectivity index is 1.77. The van der Waals surface area contributed by atoms with Crippen molar-refractivity contribution in [2.24, 2.45) is 0 Å². The van der Waals surface area contributed by atoms with Crippen LogP contribution in [0.1, 0.15) is 33.6 Å². The summed E-state index contributed by atoms with van der Waals surface area (Å²) in [7, 11) is 0. The molecule has 1 atom stereocenters. The number of carbonyl (C=O) groups excluding carboxylic acids is 2. The molecule has 1 aromatic rings. The minimum Gasteiger partial charge on any atom is -0.475 e. The van der Waals surface area contributed by atoms with E-state index in [1.54, 1.807) is 39.0 Å². The Morgan fingerprint density at radius 3 is 2.61 bits per heavy atom. The van der Waals surface area contributed by atoms with Crippen molar-refractivity contribution in [3.05, 3.63) is 22.7 Å². The van der Waals surface area contributed by atoms with Crippen LogP contribution in [0.25, 0.3) is 0 Å². The average molecular weight is 477 g/mol. The Bertz CT molecular complexity index is 780. The fourth-order valence-electron chi connectivity index (χ4n) is 3.26. The second-order valence-electron chi connectivity index (χ2n) is 7.86. The van der Waals surface area contributed by atoms with Crippen molar-refractivity contribution in [3.63, 3.8) is 0 Å². The number of nitrogens with zero attached hydrogens (tertiary/aromatic N) is 2. The van der Waals surface area contributed by atoms with E-state index in [9.17, 15) is 18.6 Å². The molecule has 2 heterocycles. The van der Waals surface area contributed by atoms with E-state index in [2.05, 4.69) is 15.9 Å². The number of aliphatic hydroxyl groups is 1. The van der Waals surface area contributed by atoms with Gasteiger partial charge in [0, 0.05) is 17.6 Å². The summed E-state index contributed by atoms with van der Waals surface area (Å²) >= 11 is 3.06. The van der Waals surface area contributed by atoms with Crippen molar-refractivity contribution >= 4 is 46.0 Å². The number of benzene rings is 1. The van der Waals surface area contributed by atoms with Gasteiger partial charge >= 0.3 is 6.09 Å². The number of hydrogen-bond acceptors (Lipinski definition) is 6. The summed E-state index contributed by atoms with van der Waals surface area (Å²) in [5.74, 6) is -0.382. The van der Waals surface area contributed by atoms with Crippen LogP contribution in [-0.2, 0) is 9.53 Å². The third-order valence-electron chi connectivity index (χ3n) is 4.66. The second kappa shape index (κ2) is 7.72. The number of anilines is 1. The minimum atomic E-state index is -1.52. The maximum Gasteiger partial charge on any atom is 0.410 e. The first kappa shape index (κ1) is 21.2. The lowest BCUT2D eigenvalue weighted by atomic mass is 9.85. The van der Waals surface area contributed by atoms with Gasteiger partial charge in [-0.25, -0.2) is 9.10 Å². The fraction of sp³-hybridized carbons (Fsp3) is 0.556. The third-order valence-corrected chi connectivity index (χ3v) is 5.80. The standard InChI is InChI=1S/C18H22BrFN2O5S/c1-17(2,3)27-16(24)21-9-7-18(25,8-10-21)14-15(23)22(28-20)13-11(19)5-4-6-12(13)26-14/h4-6,14,25H,7-10H2,1-3H3. The Labute approximate surface area is 175 Å². The van der Waals surface area contributed by atoms with Crippen molar-refractivity contribution in [2.75, 3.05) is 17.4 Å². The summed E-state index contributed by atoms with van der Waals surface area (Å²) in [6.07, 6.45) is -1.52. The highest BCUT2D eigenvalue weighted by Crippen LogP contribution is 2.46. The predicted octanol–water partition coefficient (Wildman–Crippen LogP) is 3.84. The zero-order chi connectivity index (χ0) is 20.7. The molecular formula is C18H22BrFN2O5S. The molecule has 1 saturated heterocycles. The molecule has 0 radical (unpaired) electrons. The van der Waals surface area contributed by atoms with Gasteiger partial charge in [0.05, 0.1) is 0 Å². The van der Waals surface area contributed by atoms with Gasteiger partial charge < -0.3 is 19.5 Å². The lowest BCUT2D eigenvalue weighted by Crippen LogP contribution is -2.61. The van der Waals surface area contributed by atoms with Gasteiger partial charge in [0.2, 0.25) is 6.10 Å². The average Bonchev–Trinajstić information content (AvgIpc) is 2.61. The van der Waals surface area contributed by atoms with E-state index in [0.29, 0.717) is 10.2 Å². The Morgan fingerprint density at radius 1 is 1.39 bits per heavy atom. The van der Waals surface area contributed by atoms with Crippen LogP contribution in [0.5, 0.6) is 5.75 Å². The van der Waals surface area contributed by atoms with E-state index in [4.69, 9.17) is 9.47 Å². The van der Waals surface area contributed by atoms with Gasteiger partial charge in [-0.3, -0.25) is 4.79 Å². The first-order chi connectivity index (χ1) is 13.1. The quantitative estimate of drug-likeness (QED) is 0.653. The van der Waals surface area contributed by atoms with E-state index < -0.39 is 29.3 Å². The first-order valence-electron chi connectivity index (χ1n) is 8.84. The lowest BCUT2D eigenvalue weighted by molar-refractivity contribution is -0.145. The molecule has 0 aromatic heterocycles. The number of rotatable bonds is 2. The van der Waals surface area contributed by atoms with Crippen LogP contribution in [0.3, 0.4) is 0 Å². The number of carbonyl (C=O) groups is 2. The molecule has 10 heteroatoms. The van der Waals surface area contributed by atoms with Gasteiger partial charge in [0.1, 0.15) is 22.6 Å². The molecule has 154 valence electrons. The molecule has 1 aromatic carbocycles. The zero-order valence-electron chi connectivity index (χ0n) is 15.8. The number of halogens is 2. The van der Waals surface area contributed by atoms with Crippen LogP contribution in [0.4, 0.5) is 14.4 Å². The highest BCUT2D eigenvalue weighted by Gasteiger charge is 2.51. The normalized spacial score (nSPS) is 21.8. The molecule has 1 fully saturated rings. The number of piperidine rings is 1. The molecule has 3 rings (SSSR count). The number of ether oxygens (including phenoxy) is 2. The number of hydrogen-bond donors (Lipinski definition) is 1. The summed E-state index contributed by atoms with van der Waals surface area (Å²) in [6, 6.07) is 4.99. The van der Waals surface area contributed by atoms with Gasteiger partial charge in [-0.1, -0.05) is 6.07 Å². The fourth-order valence-corrected chi connectivity index (χ4v) is 4.32. The van der Waals surface area contributed by atoms with E-state index >= 15 is 0 Å². The molecule has 0 bridgehead atoms. The summed E-state index contributed by atoms with van der Waals surface area (Å²) in [4.78, 5) is 26.5. The summed E-state index contributed by atoms with van der Waals surface area (Å²) in [6.45, 7) is 5.73. The topological polar surface area (TPSA) is 79.3 Å². The SMILES string of the molecule is CC(C)(C)OC(=O)N1CCC(O)(C2Oc3cccc(Br)c3N(SF)C2=O)CC1. The monoisotopic (exact) mass is 476 g/mol. The van der Waals surface area contributed by atoms with E-state index in [1.807, 2.05) is 0 Å². The van der Waals surface area contributed by atoms with Gasteiger partial charge in [-0.15, -0.1) is 3.89 Å². The number of para-hydroxylation sites is 1. The maximum absolute atomic E-state index is 13.6. The molecule has 7 nitrogen and oxygen atoms in total. The Morgan fingerprint density at radius 2 is 2.04 bits per heavy atom. The maximum atomic E-state index is 13.6. The van der Waals surface area contributed by atoms with E-state index in [1.165, 1.54) is 4.90 Å². The van der Waals surface area contributed by atoms with Crippen molar-refractivity contribution in [2.45, 2.75) is 50.9 Å². The summed E-state index contributed by atoms with van der Waals surface area (Å²) in [5, 5.41) is 11.1. The third kappa shape index (κ3) is 4.08. The highest BCUT2D eigenvalue weighted by atomic mass is 79.9. The number of likely N-dealkylation sites (tertiary alicyclic amines) is 1. The molecule has 2 aliphatic rings. The van der Waals surface area contributed by atoms with E-state index in [0.717, 1.165) is 4.31 Å². The number of fused-ring (bicyclic) bond motifs is 1. The van der Waals surface area contributed by atoms with Crippen LogP contribution in [0.15, 0.2) is 22.7 Å². The van der Waals surface area contributed by atoms with Crippen molar-refractivity contribution in [3.8, 4) is 5.75 Å². The summed E-state index contributed by atoms with van der Waals surface area (Å²) in [5.41, 5.74) is -1.88. The largest absolute Gasteiger partial charge is 0.475 e. The van der Waals surface area contributed by atoms with Crippen LogP contribution in [-0.4, -0.2) is 52.4 Å². The smallest absolute Gasteiger partial charge is 0.410 e. The van der Waals surface area contributed by atoms with Crippen LogP contribution < -0.4 is 9.04 Å². The molecule has 0 aliphatic carbocycles. The van der Waals surface area contributed by atoms with Gasteiger partial charge in [0.15, 0.2) is 12.3 Å². The Hall–Kier alpha value is -1.52. The Kier molecular flexibility index (Phi) is 5.84. The summed E-state index contributed by atoms with van der Waals surface area (Å²) < 4.78 is 26.1. The molecular weight excluding hydrogens is 455 g/mol. The second-order valence-corrected chi connectivity index (χ2v) is 9.21. The van der Waals surface area contributed by atoms with Crippen molar-refractivity contribution in [1.82, 2.24) is 4.90 Å². The molecule has 0 spiro atoms. The van der Waals surface area contributed by atoms with Crippen LogP contribution in [0, 0.1) is 0 Å². The molecule has 28 heavy (non-hydrogen) atoms. The predicted molar refractivity (Wildman–Crippen MR) is 107 cm³/mol. The molecule has 1 unspecified atom stereocenters. The van der Waals surface area contributed by atoms with Gasteiger partial charge in [-0.2, -0.15) is 0 Å². The van der Waals surface area contributed by atoms with Crippen molar-refractivity contribution in [1.29, 1.82) is 0 Å². The lowest BCUT2D eigenvalue weighted by Gasteiger charge is -2.44.